The van der Waals surface area contributed by atoms with Gasteiger partial charge in [-0.1, -0.05) is 0 Å². The van der Waals surface area contributed by atoms with Crippen molar-refractivity contribution in [2.45, 2.75) is 6.42 Å². The highest BCUT2D eigenvalue weighted by molar-refractivity contribution is 5.85. The smallest absolute Gasteiger partial charge is 0.222 e. The van der Waals surface area contributed by atoms with Gasteiger partial charge in [0.25, 0.3) is 0 Å². The van der Waals surface area contributed by atoms with Gasteiger partial charge in [-0.15, -0.1) is 12.4 Å². The zero-order valence-corrected chi connectivity index (χ0v) is 6.86. The zero-order chi connectivity index (χ0) is 6.85. The van der Waals surface area contributed by atoms with Crippen LogP contribution < -0.4 is 5.73 Å². The lowest BCUT2D eigenvalue weighted by Crippen LogP contribution is -2.21. The molecule has 1 rings (SSSR count). The van der Waals surface area contributed by atoms with E-state index in [1.54, 1.807) is 4.90 Å². The molecule has 0 saturated carbocycles. The molecule has 0 aliphatic carbocycles. The molecule has 1 atom stereocenters. The Morgan fingerprint density at radius 1 is 1.80 bits per heavy atom. The van der Waals surface area contributed by atoms with E-state index in [-0.39, 0.29) is 18.3 Å². The van der Waals surface area contributed by atoms with Gasteiger partial charge in [-0.2, -0.15) is 0 Å². The van der Waals surface area contributed by atoms with E-state index in [1.165, 1.54) is 0 Å². The molecule has 0 spiro atoms. The van der Waals surface area contributed by atoms with E-state index in [0.717, 1.165) is 6.54 Å². The molecule has 1 aliphatic rings. The summed E-state index contributed by atoms with van der Waals surface area (Å²) in [6.07, 6.45) is 0.646. The first kappa shape index (κ1) is 9.72. The third-order valence-corrected chi connectivity index (χ3v) is 1.75. The van der Waals surface area contributed by atoms with Crippen molar-refractivity contribution in [2.75, 3.05) is 20.1 Å². The third-order valence-electron chi connectivity index (χ3n) is 1.75. The average Bonchev–Trinajstić information content (AvgIpc) is 2.13. The van der Waals surface area contributed by atoms with Crippen LogP contribution in [0.25, 0.3) is 0 Å². The quantitative estimate of drug-likeness (QED) is 0.586. The van der Waals surface area contributed by atoms with Gasteiger partial charge in [0.15, 0.2) is 0 Å². The number of halogens is 1. The second-order valence-electron chi connectivity index (χ2n) is 2.58. The van der Waals surface area contributed by atoms with Crippen molar-refractivity contribution in [1.29, 1.82) is 0 Å². The summed E-state index contributed by atoms with van der Waals surface area (Å²) in [5.41, 5.74) is 5.38. The minimum absolute atomic E-state index is 0. The Hall–Kier alpha value is -0.280. The fraction of sp³-hybridized carbons (Fsp3) is 0.833. The minimum atomic E-state index is 0. The summed E-state index contributed by atoms with van der Waals surface area (Å²) < 4.78 is 0. The number of carbonyl (C=O) groups is 1. The maximum Gasteiger partial charge on any atom is 0.222 e. The van der Waals surface area contributed by atoms with E-state index in [0.29, 0.717) is 18.9 Å². The molecule has 0 radical (unpaired) electrons. The SMILES string of the molecule is CN1C[C@@H](CN)CC1=O.Cl. The van der Waals surface area contributed by atoms with Gasteiger partial charge >= 0.3 is 0 Å². The monoisotopic (exact) mass is 164 g/mol. The number of nitrogens with zero attached hydrogens (tertiary/aromatic N) is 1. The Kier molecular flexibility index (Phi) is 3.68. The largest absolute Gasteiger partial charge is 0.345 e. The Balaban J connectivity index is 0.000000810. The Morgan fingerprint density at radius 3 is 2.60 bits per heavy atom. The normalized spacial score (nSPS) is 24.8. The molecule has 0 bridgehead atoms. The summed E-state index contributed by atoms with van der Waals surface area (Å²) in [6.45, 7) is 1.48. The maximum absolute atomic E-state index is 10.8. The predicted octanol–water partition coefficient (Wildman–Crippen LogP) is -0.155. The molecule has 1 fully saturated rings. The highest BCUT2D eigenvalue weighted by atomic mass is 35.5. The fourth-order valence-corrected chi connectivity index (χ4v) is 1.11. The van der Waals surface area contributed by atoms with E-state index in [4.69, 9.17) is 5.73 Å². The van der Waals surface area contributed by atoms with Crippen LogP contribution >= 0.6 is 12.4 Å². The first-order valence-corrected chi connectivity index (χ1v) is 3.18. The number of likely N-dealkylation sites (tertiary alicyclic amines) is 1. The van der Waals surface area contributed by atoms with Crippen molar-refractivity contribution in [2.24, 2.45) is 11.7 Å². The topological polar surface area (TPSA) is 46.3 Å². The summed E-state index contributed by atoms with van der Waals surface area (Å²) in [5, 5.41) is 0. The lowest BCUT2D eigenvalue weighted by Gasteiger charge is -2.06. The molecule has 2 N–H and O–H groups in total. The van der Waals surface area contributed by atoms with Crippen LogP contribution in [0.1, 0.15) is 6.42 Å². The van der Waals surface area contributed by atoms with Crippen LogP contribution in [0.15, 0.2) is 0 Å². The number of nitrogens with two attached hydrogens (primary N) is 1. The standard InChI is InChI=1S/C6H12N2O.ClH/c1-8-4-5(3-7)2-6(8)9;/h5H,2-4,7H2,1H3;1H/t5-;/m1./s1. The molecular formula is C6H13ClN2O. The van der Waals surface area contributed by atoms with Crippen LogP contribution in [-0.4, -0.2) is 30.9 Å². The van der Waals surface area contributed by atoms with Gasteiger partial charge in [0, 0.05) is 20.0 Å². The van der Waals surface area contributed by atoms with Crippen LogP contribution in [-0.2, 0) is 4.79 Å². The molecule has 0 unspecified atom stereocenters. The van der Waals surface area contributed by atoms with Crippen molar-refractivity contribution < 1.29 is 4.79 Å². The third kappa shape index (κ3) is 1.85. The molecular weight excluding hydrogens is 152 g/mol. The average molecular weight is 165 g/mol. The lowest BCUT2D eigenvalue weighted by atomic mass is 10.1. The molecule has 1 saturated heterocycles. The fourth-order valence-electron chi connectivity index (χ4n) is 1.11. The number of amides is 1. The summed E-state index contributed by atoms with van der Waals surface area (Å²) in [4.78, 5) is 12.5. The molecule has 3 nitrogen and oxygen atoms in total. The molecule has 0 aromatic rings. The van der Waals surface area contributed by atoms with E-state index in [1.807, 2.05) is 7.05 Å². The number of rotatable bonds is 1. The van der Waals surface area contributed by atoms with Gasteiger partial charge in [-0.3, -0.25) is 4.79 Å². The minimum Gasteiger partial charge on any atom is -0.345 e. The lowest BCUT2D eigenvalue weighted by molar-refractivity contribution is -0.126. The maximum atomic E-state index is 10.8. The second-order valence-corrected chi connectivity index (χ2v) is 2.58. The van der Waals surface area contributed by atoms with Gasteiger partial charge in [0.2, 0.25) is 5.91 Å². The number of hydrogen-bond donors (Lipinski definition) is 1. The van der Waals surface area contributed by atoms with E-state index in [2.05, 4.69) is 0 Å². The van der Waals surface area contributed by atoms with E-state index in [9.17, 15) is 4.79 Å². The van der Waals surface area contributed by atoms with Gasteiger partial charge in [0.05, 0.1) is 0 Å². The second kappa shape index (κ2) is 3.78. The molecule has 0 aromatic heterocycles. The van der Waals surface area contributed by atoms with Crippen LogP contribution in [0.5, 0.6) is 0 Å². The summed E-state index contributed by atoms with van der Waals surface area (Å²) >= 11 is 0. The first-order valence-electron chi connectivity index (χ1n) is 3.18. The Labute approximate surface area is 67.0 Å². The van der Waals surface area contributed by atoms with E-state index >= 15 is 0 Å². The number of hydrogen-bond acceptors (Lipinski definition) is 2. The predicted molar refractivity (Wildman–Crippen MR) is 42.0 cm³/mol. The van der Waals surface area contributed by atoms with Crippen molar-refractivity contribution >= 4 is 18.3 Å². The molecule has 1 heterocycles. The summed E-state index contributed by atoms with van der Waals surface area (Å²) in [5.74, 6) is 0.632. The van der Waals surface area contributed by atoms with Crippen molar-refractivity contribution in [3.63, 3.8) is 0 Å². The Morgan fingerprint density at radius 2 is 2.40 bits per heavy atom. The van der Waals surface area contributed by atoms with Crippen molar-refractivity contribution in [3.05, 3.63) is 0 Å². The Bertz CT molecular complexity index is 129. The van der Waals surface area contributed by atoms with Gasteiger partial charge in [0.1, 0.15) is 0 Å². The highest BCUT2D eigenvalue weighted by Gasteiger charge is 2.24. The molecule has 1 aliphatic heterocycles. The van der Waals surface area contributed by atoms with Crippen LogP contribution in [0.4, 0.5) is 0 Å². The van der Waals surface area contributed by atoms with Crippen LogP contribution in [0, 0.1) is 5.92 Å². The highest BCUT2D eigenvalue weighted by Crippen LogP contribution is 2.13. The molecule has 10 heavy (non-hydrogen) atoms. The van der Waals surface area contributed by atoms with E-state index < -0.39 is 0 Å². The zero-order valence-electron chi connectivity index (χ0n) is 6.04. The van der Waals surface area contributed by atoms with Crippen LogP contribution in [0.3, 0.4) is 0 Å². The molecule has 0 aromatic carbocycles. The van der Waals surface area contributed by atoms with Gasteiger partial charge in [-0.05, 0) is 12.5 Å². The van der Waals surface area contributed by atoms with Gasteiger partial charge < -0.3 is 10.6 Å². The van der Waals surface area contributed by atoms with Crippen molar-refractivity contribution in [3.8, 4) is 0 Å². The van der Waals surface area contributed by atoms with Crippen LogP contribution in [0.2, 0.25) is 0 Å². The summed E-state index contributed by atoms with van der Waals surface area (Å²) in [6, 6.07) is 0. The number of carbonyl (C=O) groups excluding carboxylic acids is 1. The molecule has 4 heteroatoms. The first-order chi connectivity index (χ1) is 4.24. The molecule has 60 valence electrons. The molecule has 1 amide bonds. The van der Waals surface area contributed by atoms with Crippen molar-refractivity contribution in [1.82, 2.24) is 4.90 Å². The van der Waals surface area contributed by atoms with Gasteiger partial charge in [-0.25, -0.2) is 0 Å². The summed E-state index contributed by atoms with van der Waals surface area (Å²) in [7, 11) is 1.82.